The molecular formula is C6H9ClF2O2. The van der Waals surface area contributed by atoms with Crippen LogP contribution in [0.3, 0.4) is 0 Å². The summed E-state index contributed by atoms with van der Waals surface area (Å²) in [6.45, 7) is -0.143. The zero-order valence-electron chi connectivity index (χ0n) is 6.07. The molecule has 5 heteroatoms. The summed E-state index contributed by atoms with van der Waals surface area (Å²) >= 11 is 4.95. The van der Waals surface area contributed by atoms with E-state index < -0.39 is 24.0 Å². The highest BCUT2D eigenvalue weighted by molar-refractivity contribution is 6.28. The van der Waals surface area contributed by atoms with Gasteiger partial charge in [-0.1, -0.05) is 0 Å². The van der Waals surface area contributed by atoms with E-state index in [0.29, 0.717) is 0 Å². The minimum absolute atomic E-state index is 0.143. The van der Waals surface area contributed by atoms with Crippen molar-refractivity contribution in [2.24, 2.45) is 0 Å². The van der Waals surface area contributed by atoms with Gasteiger partial charge in [0.15, 0.2) is 0 Å². The van der Waals surface area contributed by atoms with Crippen molar-refractivity contribution in [2.75, 3.05) is 19.6 Å². The second-order valence-electron chi connectivity index (χ2n) is 2.00. The summed E-state index contributed by atoms with van der Waals surface area (Å²) in [6.07, 6.45) is -0.602. The molecule has 0 fully saturated rings. The van der Waals surface area contributed by atoms with Crippen molar-refractivity contribution in [2.45, 2.75) is 12.3 Å². The van der Waals surface area contributed by atoms with Gasteiger partial charge in [-0.05, 0) is 0 Å². The lowest BCUT2D eigenvalue weighted by Crippen LogP contribution is -2.31. The van der Waals surface area contributed by atoms with E-state index in [4.69, 9.17) is 11.6 Å². The highest BCUT2D eigenvalue weighted by Crippen LogP contribution is 2.19. The average Bonchev–Trinajstić information content (AvgIpc) is 1.99. The number of rotatable bonds is 5. The first-order valence-corrected chi connectivity index (χ1v) is 3.54. The SMILES string of the molecule is COCCC(F)(F)C(=O)CCl. The first-order chi connectivity index (χ1) is 5.04. The molecule has 0 aliphatic rings. The first kappa shape index (κ1) is 10.8. The Kier molecular flexibility index (Phi) is 4.52. The average molecular weight is 187 g/mol. The molecule has 2 nitrogen and oxygen atoms in total. The van der Waals surface area contributed by atoms with Crippen LogP contribution in [0, 0.1) is 0 Å². The number of ketones is 1. The van der Waals surface area contributed by atoms with E-state index in [1.54, 1.807) is 0 Å². The van der Waals surface area contributed by atoms with Gasteiger partial charge in [0.25, 0.3) is 0 Å². The molecule has 0 heterocycles. The summed E-state index contributed by atoms with van der Waals surface area (Å²) in [6, 6.07) is 0. The minimum atomic E-state index is -3.34. The molecule has 66 valence electrons. The molecule has 0 aromatic rings. The van der Waals surface area contributed by atoms with Gasteiger partial charge in [-0.25, -0.2) is 0 Å². The summed E-state index contributed by atoms with van der Waals surface area (Å²) in [4.78, 5) is 10.4. The standard InChI is InChI=1S/C6H9ClF2O2/c1-11-3-2-6(8,9)5(10)4-7/h2-4H2,1H3. The van der Waals surface area contributed by atoms with Gasteiger partial charge in [0.2, 0.25) is 5.78 Å². The van der Waals surface area contributed by atoms with E-state index in [1.165, 1.54) is 7.11 Å². The molecule has 11 heavy (non-hydrogen) atoms. The van der Waals surface area contributed by atoms with Crippen molar-refractivity contribution in [3.63, 3.8) is 0 Å². The fourth-order valence-corrected chi connectivity index (χ4v) is 0.663. The fourth-order valence-electron chi connectivity index (χ4n) is 0.467. The molecule has 0 aliphatic heterocycles. The normalized spacial score (nSPS) is 11.6. The van der Waals surface area contributed by atoms with E-state index >= 15 is 0 Å². The van der Waals surface area contributed by atoms with Crippen molar-refractivity contribution < 1.29 is 18.3 Å². The Labute approximate surface area is 68.5 Å². The quantitative estimate of drug-likeness (QED) is 0.608. The number of alkyl halides is 3. The Morgan fingerprint density at radius 2 is 2.18 bits per heavy atom. The van der Waals surface area contributed by atoms with E-state index in [-0.39, 0.29) is 6.61 Å². The van der Waals surface area contributed by atoms with Gasteiger partial charge >= 0.3 is 5.92 Å². The molecule has 0 saturated carbocycles. The molecule has 0 rings (SSSR count). The summed E-state index contributed by atoms with van der Waals surface area (Å²) in [5.74, 6) is -5.25. The van der Waals surface area contributed by atoms with Crippen LogP contribution >= 0.6 is 11.6 Å². The third kappa shape index (κ3) is 3.62. The van der Waals surface area contributed by atoms with Crippen LogP contribution in [0.5, 0.6) is 0 Å². The number of methoxy groups -OCH3 is 1. The molecule has 0 aliphatic carbocycles. The zero-order chi connectivity index (χ0) is 8.91. The Morgan fingerprint density at radius 3 is 2.55 bits per heavy atom. The second kappa shape index (κ2) is 4.62. The van der Waals surface area contributed by atoms with Crippen molar-refractivity contribution in [1.29, 1.82) is 0 Å². The highest BCUT2D eigenvalue weighted by atomic mass is 35.5. The van der Waals surface area contributed by atoms with Crippen LogP contribution in [-0.4, -0.2) is 31.3 Å². The number of carbonyl (C=O) groups excluding carboxylic acids is 1. The Balaban J connectivity index is 3.88. The zero-order valence-corrected chi connectivity index (χ0v) is 6.83. The van der Waals surface area contributed by atoms with Gasteiger partial charge in [0.1, 0.15) is 0 Å². The Morgan fingerprint density at radius 1 is 1.64 bits per heavy atom. The van der Waals surface area contributed by atoms with E-state index in [1.807, 2.05) is 0 Å². The molecule has 0 aromatic carbocycles. The smallest absolute Gasteiger partial charge is 0.308 e. The highest BCUT2D eigenvalue weighted by Gasteiger charge is 2.36. The fraction of sp³-hybridized carbons (Fsp3) is 0.833. The molecule has 0 N–H and O–H groups in total. The van der Waals surface area contributed by atoms with Crippen LogP contribution in [-0.2, 0) is 9.53 Å². The van der Waals surface area contributed by atoms with Crippen LogP contribution in [0.1, 0.15) is 6.42 Å². The van der Waals surface area contributed by atoms with E-state index in [0.717, 1.165) is 0 Å². The lowest BCUT2D eigenvalue weighted by atomic mass is 10.2. The predicted octanol–water partition coefficient (Wildman–Crippen LogP) is 1.47. The molecule has 0 amide bonds. The monoisotopic (exact) mass is 186 g/mol. The van der Waals surface area contributed by atoms with Crippen LogP contribution in [0.4, 0.5) is 8.78 Å². The summed E-state index contributed by atoms with van der Waals surface area (Å²) in [7, 11) is 1.29. The van der Waals surface area contributed by atoms with Gasteiger partial charge < -0.3 is 4.74 Å². The molecule has 0 radical (unpaired) electrons. The molecule has 0 bridgehead atoms. The van der Waals surface area contributed by atoms with Crippen LogP contribution < -0.4 is 0 Å². The maximum absolute atomic E-state index is 12.5. The summed E-state index contributed by atoms with van der Waals surface area (Å²) < 4.78 is 29.4. The number of carbonyl (C=O) groups is 1. The Bertz CT molecular complexity index is 139. The Hall–Kier alpha value is -0.220. The van der Waals surface area contributed by atoms with E-state index in [9.17, 15) is 13.6 Å². The lowest BCUT2D eigenvalue weighted by molar-refractivity contribution is -0.142. The number of hydrogen-bond acceptors (Lipinski definition) is 2. The molecule has 0 aromatic heterocycles. The van der Waals surface area contributed by atoms with Crippen molar-refractivity contribution in [1.82, 2.24) is 0 Å². The predicted molar refractivity (Wildman–Crippen MR) is 37.2 cm³/mol. The van der Waals surface area contributed by atoms with Gasteiger partial charge in [-0.2, -0.15) is 8.78 Å². The van der Waals surface area contributed by atoms with Gasteiger partial charge in [0, 0.05) is 13.5 Å². The third-order valence-corrected chi connectivity index (χ3v) is 1.39. The van der Waals surface area contributed by atoms with Crippen LogP contribution in [0.2, 0.25) is 0 Å². The molecular weight excluding hydrogens is 178 g/mol. The topological polar surface area (TPSA) is 26.3 Å². The lowest BCUT2D eigenvalue weighted by Gasteiger charge is -2.11. The number of halogens is 3. The number of hydrogen-bond donors (Lipinski definition) is 0. The molecule has 0 unspecified atom stereocenters. The van der Waals surface area contributed by atoms with Crippen molar-refractivity contribution in [3.8, 4) is 0 Å². The summed E-state index contributed by atoms with van der Waals surface area (Å²) in [5, 5.41) is 0. The maximum atomic E-state index is 12.5. The number of ether oxygens (including phenoxy) is 1. The maximum Gasteiger partial charge on any atom is 0.308 e. The first-order valence-electron chi connectivity index (χ1n) is 3.00. The van der Waals surface area contributed by atoms with Crippen LogP contribution in [0.15, 0.2) is 0 Å². The van der Waals surface area contributed by atoms with E-state index in [2.05, 4.69) is 4.74 Å². The summed E-state index contributed by atoms with van der Waals surface area (Å²) in [5.41, 5.74) is 0. The van der Waals surface area contributed by atoms with Crippen LogP contribution in [0.25, 0.3) is 0 Å². The minimum Gasteiger partial charge on any atom is -0.384 e. The van der Waals surface area contributed by atoms with Gasteiger partial charge in [-0.3, -0.25) is 4.79 Å². The molecule has 0 atom stereocenters. The second-order valence-corrected chi connectivity index (χ2v) is 2.27. The molecule has 0 saturated heterocycles. The van der Waals surface area contributed by atoms with Gasteiger partial charge in [0.05, 0.1) is 12.5 Å². The third-order valence-electron chi connectivity index (χ3n) is 1.15. The molecule has 0 spiro atoms. The van der Waals surface area contributed by atoms with Gasteiger partial charge in [-0.15, -0.1) is 11.6 Å². The number of Topliss-reactive ketones (excluding diaryl/α,β-unsaturated/α-hetero) is 1. The van der Waals surface area contributed by atoms with Crippen molar-refractivity contribution in [3.05, 3.63) is 0 Å². The van der Waals surface area contributed by atoms with Crippen molar-refractivity contribution >= 4 is 17.4 Å². The largest absolute Gasteiger partial charge is 0.384 e.